The molecule has 0 atom stereocenters. The molecule has 98 valence electrons. The molecular formula is C15H13ClFNO. The van der Waals surface area contributed by atoms with Crippen LogP contribution in [0.3, 0.4) is 0 Å². The average molecular weight is 278 g/mol. The maximum absolute atomic E-state index is 13.7. The molecule has 0 spiro atoms. The predicted octanol–water partition coefficient (Wildman–Crippen LogP) is 4.35. The lowest BCUT2D eigenvalue weighted by Gasteiger charge is -2.12. The summed E-state index contributed by atoms with van der Waals surface area (Å²) in [6, 6.07) is 9.83. The first-order chi connectivity index (χ1) is 9.00. The molecule has 0 bridgehead atoms. The van der Waals surface area contributed by atoms with Crippen LogP contribution >= 0.6 is 11.6 Å². The fourth-order valence-corrected chi connectivity index (χ4v) is 2.15. The second-order valence-corrected chi connectivity index (χ2v) is 4.72. The van der Waals surface area contributed by atoms with Crippen LogP contribution in [0.2, 0.25) is 5.02 Å². The number of amides is 1. The number of carbonyl (C=O) groups excluding carboxylic acids is 1. The van der Waals surface area contributed by atoms with Crippen molar-refractivity contribution in [1.29, 1.82) is 0 Å². The van der Waals surface area contributed by atoms with Crippen molar-refractivity contribution in [2.45, 2.75) is 13.8 Å². The molecule has 0 heterocycles. The highest BCUT2D eigenvalue weighted by Crippen LogP contribution is 2.23. The molecule has 0 radical (unpaired) electrons. The van der Waals surface area contributed by atoms with Crippen LogP contribution in [0, 0.1) is 19.7 Å². The number of para-hydroxylation sites is 1. The molecule has 2 nitrogen and oxygen atoms in total. The molecule has 0 saturated heterocycles. The molecule has 4 heteroatoms. The summed E-state index contributed by atoms with van der Waals surface area (Å²) in [6.45, 7) is 3.76. The molecule has 1 N–H and O–H groups in total. The Hall–Kier alpha value is -1.87. The van der Waals surface area contributed by atoms with Gasteiger partial charge in [-0.1, -0.05) is 35.9 Å². The van der Waals surface area contributed by atoms with Gasteiger partial charge >= 0.3 is 0 Å². The molecule has 0 aliphatic rings. The Labute approximate surface area is 116 Å². The van der Waals surface area contributed by atoms with Gasteiger partial charge in [-0.05, 0) is 37.1 Å². The number of carbonyl (C=O) groups is 1. The Balaban J connectivity index is 2.37. The SMILES string of the molecule is Cc1cccc(C)c1NC(=O)c1c(F)cccc1Cl. The fraction of sp³-hybridized carbons (Fsp3) is 0.133. The van der Waals surface area contributed by atoms with Gasteiger partial charge in [-0.25, -0.2) is 4.39 Å². The van der Waals surface area contributed by atoms with Crippen LogP contribution < -0.4 is 5.32 Å². The van der Waals surface area contributed by atoms with E-state index in [1.54, 1.807) is 0 Å². The summed E-state index contributed by atoms with van der Waals surface area (Å²) in [5.41, 5.74) is 2.39. The number of rotatable bonds is 2. The minimum Gasteiger partial charge on any atom is -0.321 e. The Morgan fingerprint density at radius 2 is 1.68 bits per heavy atom. The summed E-state index contributed by atoms with van der Waals surface area (Å²) in [7, 11) is 0. The summed E-state index contributed by atoms with van der Waals surface area (Å²) >= 11 is 5.87. The van der Waals surface area contributed by atoms with Gasteiger partial charge in [-0.3, -0.25) is 4.79 Å². The minimum absolute atomic E-state index is 0.101. The molecule has 0 unspecified atom stereocenters. The van der Waals surface area contributed by atoms with Crippen molar-refractivity contribution < 1.29 is 9.18 Å². The zero-order chi connectivity index (χ0) is 14.0. The second-order valence-electron chi connectivity index (χ2n) is 4.32. The van der Waals surface area contributed by atoms with Crippen LogP contribution in [-0.2, 0) is 0 Å². The first-order valence-electron chi connectivity index (χ1n) is 5.82. The lowest BCUT2D eigenvalue weighted by Crippen LogP contribution is -2.16. The van der Waals surface area contributed by atoms with Crippen LogP contribution in [0.1, 0.15) is 21.5 Å². The number of benzene rings is 2. The van der Waals surface area contributed by atoms with Gasteiger partial charge in [0.2, 0.25) is 0 Å². The number of anilines is 1. The standard InChI is InChI=1S/C15H13ClFNO/c1-9-5-3-6-10(2)14(9)18-15(19)13-11(16)7-4-8-12(13)17/h3-8H,1-2H3,(H,18,19). The van der Waals surface area contributed by atoms with E-state index in [1.807, 2.05) is 32.0 Å². The number of aryl methyl sites for hydroxylation is 2. The summed E-state index contributed by atoms with van der Waals surface area (Å²) in [5, 5.41) is 2.81. The zero-order valence-corrected chi connectivity index (χ0v) is 11.4. The first-order valence-corrected chi connectivity index (χ1v) is 6.20. The molecule has 19 heavy (non-hydrogen) atoms. The largest absolute Gasteiger partial charge is 0.321 e. The van der Waals surface area contributed by atoms with Crippen molar-refractivity contribution in [3.8, 4) is 0 Å². The van der Waals surface area contributed by atoms with E-state index in [0.29, 0.717) is 5.69 Å². The Kier molecular flexibility index (Phi) is 3.86. The van der Waals surface area contributed by atoms with Gasteiger partial charge in [0, 0.05) is 5.69 Å². The topological polar surface area (TPSA) is 29.1 Å². The van der Waals surface area contributed by atoms with E-state index in [2.05, 4.69) is 5.32 Å². The average Bonchev–Trinajstić information content (AvgIpc) is 2.34. The molecule has 0 saturated carbocycles. The normalized spacial score (nSPS) is 10.3. The molecule has 0 aliphatic carbocycles. The molecule has 0 aliphatic heterocycles. The van der Waals surface area contributed by atoms with Crippen LogP contribution in [0.15, 0.2) is 36.4 Å². The third kappa shape index (κ3) is 2.76. The van der Waals surface area contributed by atoms with Gasteiger partial charge in [0.1, 0.15) is 5.82 Å². The maximum Gasteiger partial charge on any atom is 0.260 e. The van der Waals surface area contributed by atoms with Crippen molar-refractivity contribution in [1.82, 2.24) is 0 Å². The van der Waals surface area contributed by atoms with Gasteiger partial charge in [0.15, 0.2) is 0 Å². The molecular weight excluding hydrogens is 265 g/mol. The lowest BCUT2D eigenvalue weighted by molar-refractivity contribution is 0.102. The number of hydrogen-bond acceptors (Lipinski definition) is 1. The van der Waals surface area contributed by atoms with Gasteiger partial charge in [-0.2, -0.15) is 0 Å². The van der Waals surface area contributed by atoms with Gasteiger partial charge in [-0.15, -0.1) is 0 Å². The van der Waals surface area contributed by atoms with E-state index in [-0.39, 0.29) is 10.6 Å². The van der Waals surface area contributed by atoms with E-state index in [0.717, 1.165) is 11.1 Å². The quantitative estimate of drug-likeness (QED) is 0.869. The number of halogens is 2. The smallest absolute Gasteiger partial charge is 0.260 e. The lowest BCUT2D eigenvalue weighted by atomic mass is 10.1. The molecule has 1 amide bonds. The minimum atomic E-state index is -0.628. The third-order valence-corrected chi connectivity index (χ3v) is 3.22. The summed E-state index contributed by atoms with van der Waals surface area (Å²) < 4.78 is 13.7. The monoisotopic (exact) mass is 277 g/mol. The number of hydrogen-bond donors (Lipinski definition) is 1. The summed E-state index contributed by atoms with van der Waals surface area (Å²) in [4.78, 5) is 12.1. The highest BCUT2D eigenvalue weighted by Gasteiger charge is 2.17. The second kappa shape index (κ2) is 5.41. The molecule has 0 aromatic heterocycles. The fourth-order valence-electron chi connectivity index (χ4n) is 1.90. The van der Waals surface area contributed by atoms with Crippen molar-refractivity contribution in [2.75, 3.05) is 5.32 Å². The molecule has 0 fully saturated rings. The van der Waals surface area contributed by atoms with E-state index in [1.165, 1.54) is 18.2 Å². The van der Waals surface area contributed by atoms with Gasteiger partial charge < -0.3 is 5.32 Å². The summed E-state index contributed by atoms with van der Waals surface area (Å²) in [5.74, 6) is -1.17. The first kappa shape index (κ1) is 13.6. The Bertz CT molecular complexity index is 600. The van der Waals surface area contributed by atoms with Crippen molar-refractivity contribution in [3.63, 3.8) is 0 Å². The predicted molar refractivity (Wildman–Crippen MR) is 75.3 cm³/mol. The molecule has 2 aromatic carbocycles. The Morgan fingerprint density at radius 1 is 1.11 bits per heavy atom. The van der Waals surface area contributed by atoms with Crippen LogP contribution in [-0.4, -0.2) is 5.91 Å². The molecule has 2 aromatic rings. The maximum atomic E-state index is 13.7. The highest BCUT2D eigenvalue weighted by molar-refractivity contribution is 6.34. The van der Waals surface area contributed by atoms with Gasteiger partial charge in [0.25, 0.3) is 5.91 Å². The highest BCUT2D eigenvalue weighted by atomic mass is 35.5. The van der Waals surface area contributed by atoms with Crippen LogP contribution in [0.4, 0.5) is 10.1 Å². The zero-order valence-electron chi connectivity index (χ0n) is 10.6. The van der Waals surface area contributed by atoms with Crippen molar-refractivity contribution in [3.05, 3.63) is 63.9 Å². The molecule has 2 rings (SSSR count). The van der Waals surface area contributed by atoms with E-state index in [4.69, 9.17) is 11.6 Å². The van der Waals surface area contributed by atoms with Crippen LogP contribution in [0.25, 0.3) is 0 Å². The van der Waals surface area contributed by atoms with Gasteiger partial charge in [0.05, 0.1) is 10.6 Å². The van der Waals surface area contributed by atoms with Crippen molar-refractivity contribution in [2.24, 2.45) is 0 Å². The van der Waals surface area contributed by atoms with Crippen LogP contribution in [0.5, 0.6) is 0 Å². The van der Waals surface area contributed by atoms with E-state index >= 15 is 0 Å². The van der Waals surface area contributed by atoms with E-state index in [9.17, 15) is 9.18 Å². The Morgan fingerprint density at radius 3 is 2.26 bits per heavy atom. The number of nitrogens with one attached hydrogen (secondary N) is 1. The van der Waals surface area contributed by atoms with Crippen molar-refractivity contribution >= 4 is 23.2 Å². The third-order valence-electron chi connectivity index (χ3n) is 2.91. The van der Waals surface area contributed by atoms with E-state index < -0.39 is 11.7 Å². The summed E-state index contributed by atoms with van der Waals surface area (Å²) in [6.07, 6.45) is 0.